The normalized spacial score (nSPS) is 15.2. The summed E-state index contributed by atoms with van der Waals surface area (Å²) < 4.78 is 3.40. The van der Waals surface area contributed by atoms with Crippen molar-refractivity contribution in [1.82, 2.24) is 29.0 Å². The summed E-state index contributed by atoms with van der Waals surface area (Å²) in [4.78, 5) is 36.0. The number of fused-ring (bicyclic) bond motifs is 1. The zero-order valence-electron chi connectivity index (χ0n) is 21.4. The van der Waals surface area contributed by atoms with Gasteiger partial charge in [-0.05, 0) is 38.8 Å². The molecular formula is C27H31N7O4. The zero-order valence-corrected chi connectivity index (χ0v) is 21.4. The first-order valence-electron chi connectivity index (χ1n) is 12.7. The molecular weight excluding hydrogens is 486 g/mol. The van der Waals surface area contributed by atoms with Gasteiger partial charge in [0.05, 0.1) is 29.8 Å². The van der Waals surface area contributed by atoms with Gasteiger partial charge in [0.15, 0.2) is 11.4 Å². The van der Waals surface area contributed by atoms with Crippen molar-refractivity contribution < 1.29 is 19.8 Å². The quantitative estimate of drug-likeness (QED) is 0.315. The maximum atomic E-state index is 12.6. The number of aliphatic hydroxyl groups excluding tert-OH is 2. The van der Waals surface area contributed by atoms with Crippen molar-refractivity contribution in [2.24, 2.45) is 0 Å². The van der Waals surface area contributed by atoms with E-state index >= 15 is 0 Å². The number of carbonyl (C=O) groups is 2. The van der Waals surface area contributed by atoms with Gasteiger partial charge in [-0.1, -0.05) is 6.07 Å². The van der Waals surface area contributed by atoms with Crippen LogP contribution in [-0.2, 0) is 11.3 Å². The van der Waals surface area contributed by atoms with Crippen molar-refractivity contribution in [2.45, 2.75) is 45.3 Å². The highest BCUT2D eigenvalue weighted by atomic mass is 16.3. The van der Waals surface area contributed by atoms with E-state index in [0.29, 0.717) is 49.4 Å². The number of ketones is 1. The summed E-state index contributed by atoms with van der Waals surface area (Å²) in [6, 6.07) is 5.81. The summed E-state index contributed by atoms with van der Waals surface area (Å²) in [6.45, 7) is 4.46. The number of hydrogen-bond acceptors (Lipinski definition) is 8. The minimum absolute atomic E-state index is 0.0644. The molecule has 5 rings (SSSR count). The van der Waals surface area contributed by atoms with E-state index in [0.717, 1.165) is 22.4 Å². The molecule has 4 aromatic heterocycles. The summed E-state index contributed by atoms with van der Waals surface area (Å²) >= 11 is 0. The van der Waals surface area contributed by atoms with Crippen LogP contribution in [0.25, 0.3) is 28.0 Å². The fraction of sp³-hybridized carbons (Fsp3) is 0.370. The Kier molecular flexibility index (Phi) is 6.96. The number of likely N-dealkylation sites (tertiary alicyclic amines) is 1. The lowest BCUT2D eigenvalue weighted by Crippen LogP contribution is -2.42. The Balaban J connectivity index is 1.49. The number of Topliss-reactive ketones (excluding diaryl/α,β-unsaturated/α-hetero) is 1. The minimum atomic E-state index is -1.04. The Morgan fingerprint density at radius 2 is 1.92 bits per heavy atom. The number of piperidine rings is 1. The maximum absolute atomic E-state index is 12.6. The Morgan fingerprint density at radius 1 is 1.16 bits per heavy atom. The predicted octanol–water partition coefficient (Wildman–Crippen LogP) is 2.12. The van der Waals surface area contributed by atoms with E-state index in [1.54, 1.807) is 17.3 Å². The van der Waals surface area contributed by atoms with Gasteiger partial charge in [0.25, 0.3) is 5.91 Å². The van der Waals surface area contributed by atoms with E-state index in [-0.39, 0.29) is 30.0 Å². The van der Waals surface area contributed by atoms with Crippen LogP contribution in [0.2, 0.25) is 0 Å². The first-order valence-corrected chi connectivity index (χ1v) is 12.7. The summed E-state index contributed by atoms with van der Waals surface area (Å²) in [5.41, 5.74) is 11.3. The number of anilines is 1. The van der Waals surface area contributed by atoms with E-state index in [4.69, 9.17) is 15.8 Å². The molecule has 4 N–H and O–H groups in total. The van der Waals surface area contributed by atoms with Gasteiger partial charge in [0.1, 0.15) is 11.9 Å². The first kappa shape index (κ1) is 25.6. The molecule has 1 atom stereocenters. The van der Waals surface area contributed by atoms with Crippen LogP contribution in [0, 0.1) is 0 Å². The lowest BCUT2D eigenvalue weighted by Gasteiger charge is -2.33. The summed E-state index contributed by atoms with van der Waals surface area (Å²) in [5, 5.41) is 23.2. The molecule has 0 aliphatic carbocycles. The van der Waals surface area contributed by atoms with Crippen LogP contribution in [0.5, 0.6) is 0 Å². The van der Waals surface area contributed by atoms with Gasteiger partial charge in [-0.25, -0.2) is 4.98 Å². The van der Waals surface area contributed by atoms with Gasteiger partial charge in [-0.3, -0.25) is 14.6 Å². The van der Waals surface area contributed by atoms with Crippen molar-refractivity contribution in [2.75, 3.05) is 25.4 Å². The van der Waals surface area contributed by atoms with Gasteiger partial charge in [-0.2, -0.15) is 9.61 Å². The number of rotatable bonds is 7. The molecule has 4 aromatic rings. The van der Waals surface area contributed by atoms with Crippen LogP contribution in [-0.4, -0.2) is 76.8 Å². The summed E-state index contributed by atoms with van der Waals surface area (Å²) in [7, 11) is 0. The molecule has 11 nitrogen and oxygen atoms in total. The lowest BCUT2D eigenvalue weighted by atomic mass is 9.89. The number of carbonyl (C=O) groups excluding carboxylic acids is 2. The molecule has 0 unspecified atom stereocenters. The molecule has 5 heterocycles. The number of nitrogens with zero attached hydrogens (tertiary/aromatic N) is 6. The Hall–Kier alpha value is -4.09. The fourth-order valence-corrected chi connectivity index (χ4v) is 5.10. The molecule has 38 heavy (non-hydrogen) atoms. The number of aromatic nitrogens is 5. The van der Waals surface area contributed by atoms with Crippen molar-refractivity contribution in [3.8, 4) is 22.4 Å². The molecule has 198 valence electrons. The number of aliphatic hydroxyl groups is 2. The van der Waals surface area contributed by atoms with Crippen molar-refractivity contribution >= 4 is 23.2 Å². The SMILES string of the molecule is CC(=O)c1c(C2CCN(C(=O)[C@@H](C)O)CC2)nc2c(-c3ccc(-c4ccn(CCO)c4)nc3)cnn2c1N. The average Bonchev–Trinajstić information content (AvgIpc) is 3.56. The molecule has 1 aliphatic rings. The summed E-state index contributed by atoms with van der Waals surface area (Å²) in [5.74, 6) is -0.311. The van der Waals surface area contributed by atoms with Gasteiger partial charge in [0, 0.05) is 60.8 Å². The highest BCUT2D eigenvalue weighted by Crippen LogP contribution is 2.35. The monoisotopic (exact) mass is 517 g/mol. The van der Waals surface area contributed by atoms with Crippen molar-refractivity contribution in [3.63, 3.8) is 0 Å². The standard InChI is InChI=1S/C27H31N7O4/c1-16(36)23-24(18-6-9-33(10-7-18)27(38)17(2)37)31-26-21(14-30-34(26)25(23)28)19-3-4-22(29-13-19)20-5-8-32(15-20)11-12-35/h3-5,8,13-15,17-18,35,37H,6-7,9-12,28H2,1-2H3/t17-/m1/s1. The van der Waals surface area contributed by atoms with Crippen LogP contribution in [0.1, 0.15) is 48.7 Å². The Bertz CT molecular complexity index is 1480. The van der Waals surface area contributed by atoms with Crippen molar-refractivity contribution in [3.05, 3.63) is 54.2 Å². The molecule has 0 radical (unpaired) electrons. The Labute approximate surface area is 219 Å². The number of amides is 1. The molecule has 1 aliphatic heterocycles. The molecule has 0 spiro atoms. The molecule has 0 bridgehead atoms. The largest absolute Gasteiger partial charge is 0.395 e. The third-order valence-electron chi connectivity index (χ3n) is 7.09. The average molecular weight is 518 g/mol. The second-order valence-corrected chi connectivity index (χ2v) is 9.68. The van der Waals surface area contributed by atoms with Crippen LogP contribution in [0.15, 0.2) is 43.0 Å². The third-order valence-corrected chi connectivity index (χ3v) is 7.09. The van der Waals surface area contributed by atoms with Crippen LogP contribution in [0.3, 0.4) is 0 Å². The molecule has 0 aromatic carbocycles. The second kappa shape index (κ2) is 10.3. The molecule has 11 heteroatoms. The fourth-order valence-electron chi connectivity index (χ4n) is 5.10. The molecule has 1 amide bonds. The van der Waals surface area contributed by atoms with Gasteiger partial charge in [0.2, 0.25) is 0 Å². The van der Waals surface area contributed by atoms with Crippen LogP contribution >= 0.6 is 0 Å². The molecule has 1 saturated heterocycles. The van der Waals surface area contributed by atoms with Gasteiger partial charge in [-0.15, -0.1) is 0 Å². The van der Waals surface area contributed by atoms with Crippen molar-refractivity contribution in [1.29, 1.82) is 0 Å². The number of pyridine rings is 1. The maximum Gasteiger partial charge on any atom is 0.251 e. The molecule has 1 fully saturated rings. The third kappa shape index (κ3) is 4.66. The van der Waals surface area contributed by atoms with E-state index in [1.807, 2.05) is 35.2 Å². The lowest BCUT2D eigenvalue weighted by molar-refractivity contribution is -0.140. The van der Waals surface area contributed by atoms with E-state index in [1.165, 1.54) is 18.4 Å². The van der Waals surface area contributed by atoms with Crippen LogP contribution in [0.4, 0.5) is 5.82 Å². The number of nitrogens with two attached hydrogens (primary N) is 1. The smallest absolute Gasteiger partial charge is 0.251 e. The highest BCUT2D eigenvalue weighted by Gasteiger charge is 2.31. The van der Waals surface area contributed by atoms with E-state index in [9.17, 15) is 14.7 Å². The van der Waals surface area contributed by atoms with E-state index in [2.05, 4.69) is 10.1 Å². The second-order valence-electron chi connectivity index (χ2n) is 9.68. The highest BCUT2D eigenvalue weighted by molar-refractivity contribution is 6.00. The Morgan fingerprint density at radius 3 is 2.55 bits per heavy atom. The zero-order chi connectivity index (χ0) is 27.0. The number of nitrogen functional groups attached to an aromatic ring is 1. The van der Waals surface area contributed by atoms with E-state index < -0.39 is 6.10 Å². The minimum Gasteiger partial charge on any atom is -0.395 e. The van der Waals surface area contributed by atoms with Gasteiger partial charge < -0.3 is 25.4 Å². The van der Waals surface area contributed by atoms with Crippen LogP contribution < -0.4 is 5.73 Å². The predicted molar refractivity (Wildman–Crippen MR) is 141 cm³/mol. The number of hydrogen-bond donors (Lipinski definition) is 3. The topological polar surface area (TPSA) is 152 Å². The molecule has 0 saturated carbocycles. The first-order chi connectivity index (χ1) is 18.3. The van der Waals surface area contributed by atoms with Gasteiger partial charge >= 0.3 is 0 Å². The summed E-state index contributed by atoms with van der Waals surface area (Å²) in [6.07, 6.45) is 7.44.